The van der Waals surface area contributed by atoms with Crippen molar-refractivity contribution in [2.45, 2.75) is 25.3 Å². The van der Waals surface area contributed by atoms with Gasteiger partial charge in [0.05, 0.1) is 10.9 Å². The lowest BCUT2D eigenvalue weighted by Crippen LogP contribution is -2.55. The molecule has 22 heavy (non-hydrogen) atoms. The molecule has 0 aromatic carbocycles. The number of thiophene rings is 1. The molecule has 3 heterocycles. The summed E-state index contributed by atoms with van der Waals surface area (Å²) in [4.78, 5) is 29.2. The van der Waals surface area contributed by atoms with Gasteiger partial charge in [-0.3, -0.25) is 9.59 Å². The van der Waals surface area contributed by atoms with Gasteiger partial charge in [-0.15, -0.1) is 23.7 Å². The molecular weight excluding hydrogens is 322 g/mol. The first-order valence-electron chi connectivity index (χ1n) is 7.60. The van der Waals surface area contributed by atoms with E-state index in [2.05, 4.69) is 5.32 Å². The van der Waals surface area contributed by atoms with Crippen LogP contribution in [0.5, 0.6) is 0 Å². The first kappa shape index (κ1) is 17.2. The van der Waals surface area contributed by atoms with Gasteiger partial charge in [0.15, 0.2) is 0 Å². The molecule has 3 rings (SSSR count). The second-order valence-corrected chi connectivity index (χ2v) is 6.54. The highest BCUT2D eigenvalue weighted by molar-refractivity contribution is 7.12. The summed E-state index contributed by atoms with van der Waals surface area (Å²) in [6.45, 7) is 3.50. The van der Waals surface area contributed by atoms with E-state index < -0.39 is 0 Å². The van der Waals surface area contributed by atoms with Crippen molar-refractivity contribution in [2.24, 2.45) is 0 Å². The zero-order valence-electron chi connectivity index (χ0n) is 12.5. The van der Waals surface area contributed by atoms with Crippen LogP contribution >= 0.6 is 23.7 Å². The third kappa shape index (κ3) is 3.80. The molecule has 122 valence electrons. The average Bonchev–Trinajstić information content (AvgIpc) is 3.09. The highest BCUT2D eigenvalue weighted by Crippen LogP contribution is 2.15. The molecule has 2 aliphatic heterocycles. The smallest absolute Gasteiger partial charge is 0.264 e. The Morgan fingerprint density at radius 3 is 2.45 bits per heavy atom. The van der Waals surface area contributed by atoms with E-state index in [1.165, 1.54) is 11.3 Å². The normalized spacial score (nSPS) is 22.1. The number of carbonyl (C=O) groups excluding carboxylic acids is 2. The number of piperidine rings is 1. The molecule has 1 N–H and O–H groups in total. The maximum Gasteiger partial charge on any atom is 0.264 e. The molecule has 1 atom stereocenters. The van der Waals surface area contributed by atoms with Gasteiger partial charge in [-0.1, -0.05) is 12.5 Å². The number of nitrogens with one attached hydrogen (secondary N) is 1. The molecule has 0 spiro atoms. The molecule has 0 saturated carbocycles. The summed E-state index contributed by atoms with van der Waals surface area (Å²) in [7, 11) is 0. The van der Waals surface area contributed by atoms with E-state index in [0.717, 1.165) is 30.7 Å². The quantitative estimate of drug-likeness (QED) is 0.887. The fourth-order valence-electron chi connectivity index (χ4n) is 2.97. The summed E-state index contributed by atoms with van der Waals surface area (Å²) in [5.41, 5.74) is 0. The third-order valence-electron chi connectivity index (χ3n) is 4.22. The zero-order valence-corrected chi connectivity index (χ0v) is 14.1. The molecule has 2 saturated heterocycles. The molecule has 1 aromatic heterocycles. The Bertz CT molecular complexity index is 495. The number of carbonyl (C=O) groups is 2. The van der Waals surface area contributed by atoms with Gasteiger partial charge < -0.3 is 15.1 Å². The van der Waals surface area contributed by atoms with Crippen LogP contribution in [-0.4, -0.2) is 60.4 Å². The van der Waals surface area contributed by atoms with Crippen molar-refractivity contribution < 1.29 is 9.59 Å². The first-order chi connectivity index (χ1) is 10.3. The van der Waals surface area contributed by atoms with Crippen LogP contribution in [0, 0.1) is 0 Å². The van der Waals surface area contributed by atoms with Crippen molar-refractivity contribution >= 4 is 35.6 Å². The van der Waals surface area contributed by atoms with Gasteiger partial charge in [0.2, 0.25) is 5.91 Å². The molecular formula is C15H22ClN3O2S. The molecule has 0 aliphatic carbocycles. The molecule has 1 unspecified atom stereocenters. The molecule has 0 radical (unpaired) electrons. The highest BCUT2D eigenvalue weighted by atomic mass is 35.5. The molecule has 7 heteroatoms. The monoisotopic (exact) mass is 343 g/mol. The van der Waals surface area contributed by atoms with Crippen LogP contribution in [0.3, 0.4) is 0 Å². The van der Waals surface area contributed by atoms with Crippen molar-refractivity contribution in [3.63, 3.8) is 0 Å². The van der Waals surface area contributed by atoms with E-state index in [-0.39, 0.29) is 30.3 Å². The van der Waals surface area contributed by atoms with Gasteiger partial charge in [0.25, 0.3) is 5.91 Å². The standard InChI is InChI=1S/C15H21N3O2S.ClH/c19-14(12-4-1-2-6-16-12)17-7-9-18(10-8-17)15(20)13-5-3-11-21-13;/h3,5,11-12,16H,1-2,4,6-10H2;1H. The number of rotatable bonds is 2. The number of hydrogen-bond donors (Lipinski definition) is 1. The Kier molecular flexibility index (Phi) is 6.23. The Morgan fingerprint density at radius 2 is 1.86 bits per heavy atom. The number of halogens is 1. The van der Waals surface area contributed by atoms with Crippen molar-refractivity contribution in [1.29, 1.82) is 0 Å². The second-order valence-electron chi connectivity index (χ2n) is 5.60. The maximum absolute atomic E-state index is 12.4. The first-order valence-corrected chi connectivity index (χ1v) is 8.48. The molecule has 0 bridgehead atoms. The van der Waals surface area contributed by atoms with Gasteiger partial charge in [0.1, 0.15) is 0 Å². The summed E-state index contributed by atoms with van der Waals surface area (Å²) >= 11 is 1.47. The topological polar surface area (TPSA) is 52.7 Å². The minimum Gasteiger partial charge on any atom is -0.338 e. The highest BCUT2D eigenvalue weighted by Gasteiger charge is 2.29. The second kappa shape index (κ2) is 7.94. The van der Waals surface area contributed by atoms with E-state index in [9.17, 15) is 9.59 Å². The van der Waals surface area contributed by atoms with Crippen LogP contribution in [0.4, 0.5) is 0 Å². The Balaban J connectivity index is 0.00000176. The fraction of sp³-hybridized carbons (Fsp3) is 0.600. The van der Waals surface area contributed by atoms with Crippen LogP contribution in [0.15, 0.2) is 17.5 Å². The minimum atomic E-state index is -0.0155. The van der Waals surface area contributed by atoms with Crippen molar-refractivity contribution in [2.75, 3.05) is 32.7 Å². The summed E-state index contributed by atoms with van der Waals surface area (Å²) < 4.78 is 0. The molecule has 5 nitrogen and oxygen atoms in total. The van der Waals surface area contributed by atoms with Crippen LogP contribution in [0.2, 0.25) is 0 Å². The minimum absolute atomic E-state index is 0. The molecule has 2 aliphatic rings. The SMILES string of the molecule is Cl.O=C(c1cccs1)N1CCN(C(=O)C2CCCCN2)CC1. The predicted octanol–water partition coefficient (Wildman–Crippen LogP) is 1.60. The van der Waals surface area contributed by atoms with Gasteiger partial charge in [-0.25, -0.2) is 0 Å². The van der Waals surface area contributed by atoms with Gasteiger partial charge in [-0.2, -0.15) is 0 Å². The van der Waals surface area contributed by atoms with Crippen LogP contribution in [-0.2, 0) is 4.79 Å². The van der Waals surface area contributed by atoms with Crippen molar-refractivity contribution in [3.05, 3.63) is 22.4 Å². The Hall–Kier alpha value is -1.11. The summed E-state index contributed by atoms with van der Waals surface area (Å²) in [5.74, 6) is 0.297. The van der Waals surface area contributed by atoms with Gasteiger partial charge in [0, 0.05) is 26.2 Å². The molecule has 2 fully saturated rings. The summed E-state index contributed by atoms with van der Waals surface area (Å²) in [5, 5.41) is 5.22. The van der Waals surface area contributed by atoms with Crippen molar-refractivity contribution in [3.8, 4) is 0 Å². The lowest BCUT2D eigenvalue weighted by atomic mass is 10.0. The number of piperazine rings is 1. The number of nitrogens with zero attached hydrogens (tertiary/aromatic N) is 2. The van der Waals surface area contributed by atoms with E-state index >= 15 is 0 Å². The third-order valence-corrected chi connectivity index (χ3v) is 5.08. The van der Waals surface area contributed by atoms with Crippen LogP contribution in [0.1, 0.15) is 28.9 Å². The Morgan fingerprint density at radius 1 is 1.14 bits per heavy atom. The number of amides is 2. The lowest BCUT2D eigenvalue weighted by Gasteiger charge is -2.37. The van der Waals surface area contributed by atoms with Crippen LogP contribution < -0.4 is 5.32 Å². The predicted molar refractivity (Wildman–Crippen MR) is 89.7 cm³/mol. The molecule has 1 aromatic rings. The van der Waals surface area contributed by atoms with E-state index in [4.69, 9.17) is 0 Å². The zero-order chi connectivity index (χ0) is 14.7. The Labute approximate surface area is 141 Å². The fourth-order valence-corrected chi connectivity index (χ4v) is 3.66. The maximum atomic E-state index is 12.4. The summed E-state index contributed by atoms with van der Waals surface area (Å²) in [6, 6.07) is 3.74. The summed E-state index contributed by atoms with van der Waals surface area (Å²) in [6.07, 6.45) is 3.22. The van der Waals surface area contributed by atoms with Gasteiger partial charge in [-0.05, 0) is 30.8 Å². The average molecular weight is 344 g/mol. The lowest BCUT2D eigenvalue weighted by molar-refractivity contribution is -0.135. The van der Waals surface area contributed by atoms with E-state index in [0.29, 0.717) is 26.2 Å². The number of hydrogen-bond acceptors (Lipinski definition) is 4. The van der Waals surface area contributed by atoms with Gasteiger partial charge >= 0.3 is 0 Å². The van der Waals surface area contributed by atoms with Crippen molar-refractivity contribution in [1.82, 2.24) is 15.1 Å². The van der Waals surface area contributed by atoms with E-state index in [1.807, 2.05) is 27.3 Å². The largest absolute Gasteiger partial charge is 0.338 e. The van der Waals surface area contributed by atoms with E-state index in [1.54, 1.807) is 0 Å². The molecule has 2 amide bonds. The van der Waals surface area contributed by atoms with Crippen LogP contribution in [0.25, 0.3) is 0 Å².